The van der Waals surface area contributed by atoms with E-state index in [1.54, 1.807) is 0 Å². The van der Waals surface area contributed by atoms with Crippen LogP contribution in [-0.4, -0.2) is 27.2 Å². The van der Waals surface area contributed by atoms with Gasteiger partial charge in [0, 0.05) is 30.3 Å². The van der Waals surface area contributed by atoms with E-state index in [2.05, 4.69) is 131 Å². The predicted octanol–water partition coefficient (Wildman–Crippen LogP) is 7.44. The van der Waals surface area contributed by atoms with Crippen molar-refractivity contribution in [2.45, 2.75) is 50.9 Å². The third kappa shape index (κ3) is 6.00. The van der Waals surface area contributed by atoms with Crippen molar-refractivity contribution in [3.8, 4) is 0 Å². The molecule has 198 valence electrons. The number of piperidine rings is 1. The van der Waals surface area contributed by atoms with Gasteiger partial charge in [0.25, 0.3) is 0 Å². The van der Waals surface area contributed by atoms with Crippen LogP contribution < -0.4 is 0 Å². The van der Waals surface area contributed by atoms with Gasteiger partial charge in [0.2, 0.25) is 0 Å². The molecule has 6 rings (SSSR count). The summed E-state index contributed by atoms with van der Waals surface area (Å²) in [6, 6.07) is 43.5. The average Bonchev–Trinajstić information content (AvgIpc) is 3.37. The quantitative estimate of drug-likeness (QED) is 0.221. The summed E-state index contributed by atoms with van der Waals surface area (Å²) in [7, 11) is 0. The lowest BCUT2D eigenvalue weighted by Gasteiger charge is -2.41. The van der Waals surface area contributed by atoms with E-state index >= 15 is 0 Å². The zero-order valence-electron chi connectivity index (χ0n) is 22.6. The molecule has 3 unspecified atom stereocenters. The van der Waals surface area contributed by atoms with Crippen molar-refractivity contribution in [1.29, 1.82) is 0 Å². The Kier molecular flexibility index (Phi) is 7.90. The van der Waals surface area contributed by atoms with E-state index in [0.717, 1.165) is 51.0 Å². The fourth-order valence-electron chi connectivity index (χ4n) is 6.40. The molecule has 39 heavy (non-hydrogen) atoms. The van der Waals surface area contributed by atoms with Crippen LogP contribution in [0.1, 0.15) is 41.3 Å². The Balaban J connectivity index is 1.25. The van der Waals surface area contributed by atoms with Crippen LogP contribution in [0.4, 0.5) is 0 Å². The summed E-state index contributed by atoms with van der Waals surface area (Å²) in [5.41, 5.74) is 6.33. The molecule has 1 aromatic heterocycles. The number of fused-ring (bicyclic) bond motifs is 1. The highest BCUT2D eigenvalue weighted by molar-refractivity contribution is 5.81. The molecule has 5 aromatic rings. The van der Waals surface area contributed by atoms with Crippen molar-refractivity contribution in [2.75, 3.05) is 6.54 Å². The second-order valence-corrected chi connectivity index (χ2v) is 11.0. The number of rotatable bonds is 9. The molecule has 3 nitrogen and oxygen atoms in total. The molecule has 4 aromatic carbocycles. The van der Waals surface area contributed by atoms with Gasteiger partial charge >= 0.3 is 0 Å². The highest BCUT2D eigenvalue weighted by Gasteiger charge is 2.34. The average molecular weight is 515 g/mol. The van der Waals surface area contributed by atoms with Crippen molar-refractivity contribution in [1.82, 2.24) is 9.47 Å². The Morgan fingerprint density at radius 3 is 2.05 bits per heavy atom. The van der Waals surface area contributed by atoms with Gasteiger partial charge in [-0.2, -0.15) is 0 Å². The molecule has 1 fully saturated rings. The third-order valence-corrected chi connectivity index (χ3v) is 8.48. The van der Waals surface area contributed by atoms with Crippen molar-refractivity contribution in [3.05, 3.63) is 144 Å². The number of likely N-dealkylation sites (tertiary alicyclic amines) is 1. The molecule has 0 spiro atoms. The van der Waals surface area contributed by atoms with Crippen LogP contribution in [0.5, 0.6) is 0 Å². The molecule has 3 heteroatoms. The molecule has 0 saturated carbocycles. The van der Waals surface area contributed by atoms with Gasteiger partial charge in [-0.05, 0) is 72.4 Å². The maximum Gasteiger partial charge on any atom is 0.0969 e. The minimum absolute atomic E-state index is 0.227. The molecular weight excluding hydrogens is 476 g/mol. The van der Waals surface area contributed by atoms with Crippen LogP contribution in [0.25, 0.3) is 10.9 Å². The lowest BCUT2D eigenvalue weighted by molar-refractivity contribution is 0.0227. The zero-order valence-corrected chi connectivity index (χ0v) is 22.6. The van der Waals surface area contributed by atoms with Crippen molar-refractivity contribution in [2.24, 2.45) is 5.92 Å². The highest BCUT2D eigenvalue weighted by atomic mass is 16.3. The van der Waals surface area contributed by atoms with Crippen LogP contribution in [0.3, 0.4) is 0 Å². The first-order valence-electron chi connectivity index (χ1n) is 14.4. The number of benzene rings is 4. The van der Waals surface area contributed by atoms with E-state index in [1.165, 1.54) is 27.6 Å². The second kappa shape index (κ2) is 12.0. The van der Waals surface area contributed by atoms with Gasteiger partial charge < -0.3 is 9.67 Å². The summed E-state index contributed by atoms with van der Waals surface area (Å²) in [4.78, 5) is 2.64. The number of aliphatic hydroxyl groups excluding tert-OH is 1. The largest absolute Gasteiger partial charge is 0.387 e. The molecule has 1 N–H and O–H groups in total. The fraction of sp³-hybridized carbons (Fsp3) is 0.278. The summed E-state index contributed by atoms with van der Waals surface area (Å²) in [5, 5.41) is 13.2. The molecular formula is C36H38N2O. The van der Waals surface area contributed by atoms with Crippen molar-refractivity contribution < 1.29 is 5.11 Å². The fourth-order valence-corrected chi connectivity index (χ4v) is 6.40. The van der Waals surface area contributed by atoms with Crippen LogP contribution in [0.15, 0.2) is 121 Å². The Hall–Kier alpha value is -3.66. The van der Waals surface area contributed by atoms with Gasteiger partial charge in [-0.1, -0.05) is 109 Å². The Morgan fingerprint density at radius 1 is 0.718 bits per heavy atom. The maximum absolute atomic E-state index is 11.9. The monoisotopic (exact) mass is 514 g/mol. The van der Waals surface area contributed by atoms with E-state index in [1.807, 2.05) is 0 Å². The zero-order chi connectivity index (χ0) is 26.4. The molecule has 0 amide bonds. The smallest absolute Gasteiger partial charge is 0.0969 e. The van der Waals surface area contributed by atoms with E-state index in [0.29, 0.717) is 6.04 Å². The molecule has 1 saturated heterocycles. The van der Waals surface area contributed by atoms with Crippen molar-refractivity contribution in [3.63, 3.8) is 0 Å². The second-order valence-electron chi connectivity index (χ2n) is 11.0. The maximum atomic E-state index is 11.9. The minimum atomic E-state index is -0.481. The van der Waals surface area contributed by atoms with Crippen molar-refractivity contribution >= 4 is 10.9 Å². The van der Waals surface area contributed by atoms with E-state index in [-0.39, 0.29) is 5.92 Å². The number of nitrogens with zero attached hydrogens (tertiary/aromatic N) is 2. The van der Waals surface area contributed by atoms with E-state index in [9.17, 15) is 5.11 Å². The van der Waals surface area contributed by atoms with Crippen LogP contribution in [0, 0.1) is 5.92 Å². The number of aliphatic hydroxyl groups is 1. The van der Waals surface area contributed by atoms with Crippen LogP contribution in [-0.2, 0) is 25.9 Å². The lowest BCUT2D eigenvalue weighted by Crippen LogP contribution is -2.44. The SMILES string of the molecule is OC(c1cc2ccccc2n1CCc1ccccc1)C1CCN(Cc2ccccc2)C(Cc2ccccc2)C1. The van der Waals surface area contributed by atoms with E-state index in [4.69, 9.17) is 0 Å². The van der Waals surface area contributed by atoms with Gasteiger partial charge in [0.15, 0.2) is 0 Å². The molecule has 3 atom stereocenters. The van der Waals surface area contributed by atoms with Crippen LogP contribution >= 0.6 is 0 Å². The van der Waals surface area contributed by atoms with Gasteiger partial charge in [0.05, 0.1) is 6.10 Å². The number of para-hydroxylation sites is 1. The molecule has 2 heterocycles. The number of hydrogen-bond acceptors (Lipinski definition) is 2. The molecule has 1 aliphatic heterocycles. The van der Waals surface area contributed by atoms with E-state index < -0.39 is 6.10 Å². The molecule has 1 aliphatic rings. The van der Waals surface area contributed by atoms with Gasteiger partial charge in [-0.15, -0.1) is 0 Å². The van der Waals surface area contributed by atoms with Gasteiger partial charge in [-0.25, -0.2) is 0 Å². The topological polar surface area (TPSA) is 28.4 Å². The normalized spacial score (nSPS) is 18.8. The Bertz CT molecular complexity index is 1460. The minimum Gasteiger partial charge on any atom is -0.387 e. The third-order valence-electron chi connectivity index (χ3n) is 8.48. The standard InChI is InChI=1S/C36H38N2O/c39-36(35-26-31-18-10-11-19-34(31)38(35)23-20-28-12-4-1-5-13-28)32-21-22-37(27-30-16-8-3-9-17-30)33(25-32)24-29-14-6-2-7-15-29/h1-19,26,32-33,36,39H,20-25,27H2. The number of hydrogen-bond donors (Lipinski definition) is 1. The summed E-state index contributed by atoms with van der Waals surface area (Å²) >= 11 is 0. The number of aryl methyl sites for hydroxylation is 2. The Labute approximate surface area is 232 Å². The number of aromatic nitrogens is 1. The first-order valence-corrected chi connectivity index (χ1v) is 14.4. The summed E-state index contributed by atoms with van der Waals surface area (Å²) in [6.07, 6.45) is 3.47. The summed E-state index contributed by atoms with van der Waals surface area (Å²) in [6.45, 7) is 2.82. The predicted molar refractivity (Wildman–Crippen MR) is 161 cm³/mol. The first-order chi connectivity index (χ1) is 19.2. The van der Waals surface area contributed by atoms with Gasteiger partial charge in [-0.3, -0.25) is 4.90 Å². The molecule has 0 radical (unpaired) electrons. The Morgan fingerprint density at radius 2 is 1.33 bits per heavy atom. The summed E-state index contributed by atoms with van der Waals surface area (Å²) < 4.78 is 2.37. The van der Waals surface area contributed by atoms with Gasteiger partial charge in [0.1, 0.15) is 0 Å². The highest BCUT2D eigenvalue weighted by Crippen LogP contribution is 2.37. The van der Waals surface area contributed by atoms with Crippen LogP contribution in [0.2, 0.25) is 0 Å². The first kappa shape index (κ1) is 25.6. The molecule has 0 aliphatic carbocycles. The molecule has 0 bridgehead atoms. The lowest BCUT2D eigenvalue weighted by atomic mass is 9.83. The summed E-state index contributed by atoms with van der Waals surface area (Å²) in [5.74, 6) is 0.227.